The zero-order valence-electron chi connectivity index (χ0n) is 19.9. The molecule has 1 amide bonds. The third-order valence-corrected chi connectivity index (χ3v) is 5.39. The Balaban J connectivity index is 1.39. The number of carbonyl (C=O) groups is 1. The number of rotatable bonds is 9. The number of hydrogen-bond acceptors (Lipinski definition) is 7. The van der Waals surface area contributed by atoms with Gasteiger partial charge in [-0.1, -0.05) is 47.7 Å². The Labute approximate surface area is 203 Å². The highest BCUT2D eigenvalue weighted by Gasteiger charge is 2.18. The molecule has 0 radical (unpaired) electrons. The summed E-state index contributed by atoms with van der Waals surface area (Å²) < 4.78 is 6.88. The molecule has 2 N–H and O–H groups in total. The highest BCUT2D eigenvalue weighted by atomic mass is 16.5. The largest absolute Gasteiger partial charge is 0.495 e. The van der Waals surface area contributed by atoms with Crippen molar-refractivity contribution in [1.29, 1.82) is 0 Å². The summed E-state index contributed by atoms with van der Waals surface area (Å²) in [5.74, 6) is 1.01. The summed E-state index contributed by atoms with van der Waals surface area (Å²) in [5.41, 5.74) is 4.68. The Morgan fingerprint density at radius 3 is 2.60 bits per heavy atom. The van der Waals surface area contributed by atoms with Crippen molar-refractivity contribution >= 4 is 29.3 Å². The molecular weight excluding hydrogens is 442 g/mol. The van der Waals surface area contributed by atoms with Gasteiger partial charge in [0.1, 0.15) is 11.4 Å². The number of pyridine rings is 1. The van der Waals surface area contributed by atoms with Crippen LogP contribution in [0.4, 0.5) is 17.2 Å². The van der Waals surface area contributed by atoms with E-state index in [1.54, 1.807) is 31.3 Å². The number of carbonyl (C=O) groups excluding carboxylic acids is 1. The fraction of sp³-hybridized carbons (Fsp3) is 0.192. The Morgan fingerprint density at radius 1 is 1.11 bits per heavy atom. The minimum atomic E-state index is -0.254. The Bertz CT molecular complexity index is 1320. The number of aryl methyl sites for hydroxylation is 1. The van der Waals surface area contributed by atoms with E-state index in [-0.39, 0.29) is 5.91 Å². The van der Waals surface area contributed by atoms with Gasteiger partial charge < -0.3 is 15.4 Å². The van der Waals surface area contributed by atoms with Crippen LogP contribution in [0.5, 0.6) is 5.75 Å². The van der Waals surface area contributed by atoms with Gasteiger partial charge in [-0.15, -0.1) is 5.10 Å². The van der Waals surface area contributed by atoms with Crippen LogP contribution in [-0.2, 0) is 20.0 Å². The minimum Gasteiger partial charge on any atom is -0.495 e. The number of nitrogens with zero attached hydrogens (tertiary/aromatic N) is 5. The number of amides is 1. The molecule has 2 heterocycles. The molecule has 4 rings (SSSR count). The van der Waals surface area contributed by atoms with E-state index < -0.39 is 0 Å². The quantitative estimate of drug-likeness (QED) is 0.356. The summed E-state index contributed by atoms with van der Waals surface area (Å²) in [4.78, 5) is 21.6. The molecule has 0 aliphatic carbocycles. The molecule has 0 aliphatic heterocycles. The van der Waals surface area contributed by atoms with Crippen LogP contribution in [-0.4, -0.2) is 39.2 Å². The summed E-state index contributed by atoms with van der Waals surface area (Å²) in [7, 11) is 3.39. The highest BCUT2D eigenvalue weighted by molar-refractivity contribution is 5.93. The number of aliphatic imine (C=N–C) groups is 1. The topological polar surface area (TPSA) is 106 Å². The summed E-state index contributed by atoms with van der Waals surface area (Å²) in [5, 5.41) is 14.3. The molecule has 0 saturated heterocycles. The van der Waals surface area contributed by atoms with Gasteiger partial charge in [0, 0.05) is 38.0 Å². The fourth-order valence-electron chi connectivity index (χ4n) is 3.53. The lowest BCUT2D eigenvalue weighted by atomic mass is 10.1. The van der Waals surface area contributed by atoms with E-state index in [1.165, 1.54) is 0 Å². The van der Waals surface area contributed by atoms with Gasteiger partial charge in [0.15, 0.2) is 11.5 Å². The van der Waals surface area contributed by atoms with Crippen molar-refractivity contribution in [3.8, 4) is 5.75 Å². The average Bonchev–Trinajstić information content (AvgIpc) is 3.25. The third kappa shape index (κ3) is 5.89. The fourth-order valence-corrected chi connectivity index (χ4v) is 3.53. The van der Waals surface area contributed by atoms with Gasteiger partial charge in [0.25, 0.3) is 5.91 Å². The molecule has 0 unspecified atom stereocenters. The molecular formula is C26H27N7O2. The summed E-state index contributed by atoms with van der Waals surface area (Å²) in [6, 6.07) is 19.5. The second-order valence-corrected chi connectivity index (χ2v) is 7.81. The zero-order chi connectivity index (χ0) is 24.6. The van der Waals surface area contributed by atoms with E-state index in [0.717, 1.165) is 22.5 Å². The Kier molecular flexibility index (Phi) is 7.47. The Morgan fingerprint density at radius 2 is 1.89 bits per heavy atom. The van der Waals surface area contributed by atoms with Crippen LogP contribution >= 0.6 is 0 Å². The van der Waals surface area contributed by atoms with Gasteiger partial charge in [0.05, 0.1) is 19.0 Å². The molecule has 0 fully saturated rings. The number of aromatic nitrogens is 4. The van der Waals surface area contributed by atoms with Crippen molar-refractivity contribution in [3.05, 3.63) is 89.4 Å². The smallest absolute Gasteiger partial charge is 0.274 e. The molecule has 9 heteroatoms. The molecule has 2 aromatic heterocycles. The molecule has 0 bridgehead atoms. The van der Waals surface area contributed by atoms with Crippen molar-refractivity contribution in [2.45, 2.75) is 19.9 Å². The number of ether oxygens (including phenoxy) is 1. The number of anilines is 2. The van der Waals surface area contributed by atoms with Crippen molar-refractivity contribution in [2.75, 3.05) is 12.4 Å². The molecule has 0 saturated carbocycles. The minimum absolute atomic E-state index is 0.254. The molecule has 4 aromatic rings. The number of benzene rings is 2. The molecule has 2 aromatic carbocycles. The van der Waals surface area contributed by atoms with Gasteiger partial charge in [-0.05, 0) is 30.2 Å². The van der Waals surface area contributed by atoms with Crippen LogP contribution < -0.4 is 15.4 Å². The summed E-state index contributed by atoms with van der Waals surface area (Å²) in [6.07, 6.45) is 3.92. The van der Waals surface area contributed by atoms with Gasteiger partial charge in [-0.25, -0.2) is 4.98 Å². The number of nitrogens with one attached hydrogen (secondary N) is 2. The van der Waals surface area contributed by atoms with E-state index >= 15 is 0 Å². The summed E-state index contributed by atoms with van der Waals surface area (Å²) >= 11 is 0. The molecule has 0 aliphatic rings. The van der Waals surface area contributed by atoms with Gasteiger partial charge in [-0.2, -0.15) is 0 Å². The lowest BCUT2D eigenvalue weighted by Crippen LogP contribution is -2.24. The van der Waals surface area contributed by atoms with Crippen LogP contribution in [0, 0.1) is 0 Å². The molecule has 0 atom stereocenters. The molecule has 0 spiro atoms. The van der Waals surface area contributed by atoms with Crippen LogP contribution in [0.3, 0.4) is 0 Å². The third-order valence-electron chi connectivity index (χ3n) is 5.39. The highest BCUT2D eigenvalue weighted by Crippen LogP contribution is 2.29. The van der Waals surface area contributed by atoms with E-state index in [9.17, 15) is 4.79 Å². The lowest BCUT2D eigenvalue weighted by Gasteiger charge is -2.11. The molecule has 178 valence electrons. The monoisotopic (exact) mass is 469 g/mol. The van der Waals surface area contributed by atoms with Crippen LogP contribution in [0.25, 0.3) is 0 Å². The van der Waals surface area contributed by atoms with E-state index in [4.69, 9.17) is 4.74 Å². The first-order chi connectivity index (χ1) is 17.1. The van der Waals surface area contributed by atoms with Crippen molar-refractivity contribution < 1.29 is 9.53 Å². The summed E-state index contributed by atoms with van der Waals surface area (Å²) in [6.45, 7) is 2.21. The maximum Gasteiger partial charge on any atom is 0.274 e. The molecule has 9 nitrogen and oxygen atoms in total. The first-order valence-corrected chi connectivity index (χ1v) is 11.2. The predicted octanol–water partition coefficient (Wildman–Crippen LogP) is 4.21. The van der Waals surface area contributed by atoms with Crippen LogP contribution in [0.2, 0.25) is 0 Å². The van der Waals surface area contributed by atoms with E-state index in [2.05, 4.69) is 30.9 Å². The first kappa shape index (κ1) is 23.6. The van der Waals surface area contributed by atoms with Crippen LogP contribution in [0.15, 0.2) is 71.9 Å². The van der Waals surface area contributed by atoms with Crippen molar-refractivity contribution in [2.24, 2.45) is 12.0 Å². The average molecular weight is 470 g/mol. The number of methoxy groups -OCH3 is 1. The van der Waals surface area contributed by atoms with E-state index in [0.29, 0.717) is 35.9 Å². The molecule has 35 heavy (non-hydrogen) atoms. The predicted molar refractivity (Wildman–Crippen MR) is 136 cm³/mol. The zero-order valence-corrected chi connectivity index (χ0v) is 19.9. The number of hydrogen-bond donors (Lipinski definition) is 2. The maximum absolute atomic E-state index is 12.8. The normalized spacial score (nSPS) is 10.9. The second kappa shape index (κ2) is 11.1. The van der Waals surface area contributed by atoms with Crippen molar-refractivity contribution in [1.82, 2.24) is 25.3 Å². The van der Waals surface area contributed by atoms with Gasteiger partial charge >= 0.3 is 0 Å². The standard InChI is InChI=1S/C26H27N7O2/c1-4-27-22-15-21(35-3)17-28-25(22)30-20-12-10-19(11-13-20)16-29-26(34)24-23(33(2)32-31-24)14-18-8-6-5-7-9-18/h4-13,15,17H,14,16H2,1-3H3,(H,28,30)(H,29,34)/b27-4-. The SMILES string of the molecule is C/C=N\c1cc(OC)cnc1Nc1ccc(CNC(=O)c2nnn(C)c2Cc2ccccc2)cc1. The van der Waals surface area contributed by atoms with Gasteiger partial charge in [-0.3, -0.25) is 14.5 Å². The van der Waals surface area contributed by atoms with Crippen molar-refractivity contribution in [3.63, 3.8) is 0 Å². The Hall–Kier alpha value is -4.53. The maximum atomic E-state index is 12.8. The van der Waals surface area contributed by atoms with E-state index in [1.807, 2.05) is 67.6 Å². The van der Waals surface area contributed by atoms with Gasteiger partial charge in [0.2, 0.25) is 0 Å². The lowest BCUT2D eigenvalue weighted by molar-refractivity contribution is 0.0945. The first-order valence-electron chi connectivity index (χ1n) is 11.2. The van der Waals surface area contributed by atoms with Crippen LogP contribution in [0.1, 0.15) is 34.2 Å². The second-order valence-electron chi connectivity index (χ2n) is 7.81.